The molecule has 0 aliphatic carbocycles. The summed E-state index contributed by atoms with van der Waals surface area (Å²) in [5.41, 5.74) is 1.36. The Hall–Kier alpha value is -2.14. The fourth-order valence-electron chi connectivity index (χ4n) is 2.86. The van der Waals surface area contributed by atoms with E-state index in [-0.39, 0.29) is 4.90 Å². The van der Waals surface area contributed by atoms with Crippen molar-refractivity contribution in [3.05, 3.63) is 66.2 Å². The van der Waals surface area contributed by atoms with Gasteiger partial charge in [-0.3, -0.25) is 0 Å². The lowest BCUT2D eigenvalue weighted by atomic mass is 9.90. The van der Waals surface area contributed by atoms with Crippen LogP contribution in [-0.2, 0) is 10.0 Å². The van der Waals surface area contributed by atoms with E-state index in [4.69, 9.17) is 0 Å². The molecule has 3 rings (SSSR count). The Bertz CT molecular complexity index is 750. The SMILES string of the molecule is O=S(=O)(N=CN1CCC(c2ccccc2)CC1)c1ccccc1. The van der Waals surface area contributed by atoms with Gasteiger partial charge < -0.3 is 4.90 Å². The Labute approximate surface area is 137 Å². The van der Waals surface area contributed by atoms with Gasteiger partial charge in [-0.1, -0.05) is 48.5 Å². The lowest BCUT2D eigenvalue weighted by molar-refractivity contribution is 0.321. The van der Waals surface area contributed by atoms with E-state index < -0.39 is 10.0 Å². The van der Waals surface area contributed by atoms with Crippen molar-refractivity contribution in [3.63, 3.8) is 0 Å². The number of piperidine rings is 1. The van der Waals surface area contributed by atoms with Crippen LogP contribution in [0.3, 0.4) is 0 Å². The van der Waals surface area contributed by atoms with Crippen molar-refractivity contribution in [3.8, 4) is 0 Å². The van der Waals surface area contributed by atoms with Gasteiger partial charge in [-0.2, -0.15) is 8.42 Å². The molecule has 0 spiro atoms. The lowest BCUT2D eigenvalue weighted by Gasteiger charge is -2.30. The summed E-state index contributed by atoms with van der Waals surface area (Å²) in [5, 5.41) is 0. The molecule has 0 amide bonds. The second-order valence-electron chi connectivity index (χ2n) is 5.73. The Balaban J connectivity index is 1.61. The molecule has 0 atom stereocenters. The monoisotopic (exact) mass is 328 g/mol. The highest BCUT2D eigenvalue weighted by Gasteiger charge is 2.19. The molecule has 1 aliphatic rings. The van der Waals surface area contributed by atoms with Crippen molar-refractivity contribution in [1.82, 2.24) is 4.90 Å². The van der Waals surface area contributed by atoms with E-state index in [0.717, 1.165) is 25.9 Å². The molecule has 2 aromatic rings. The first kappa shape index (κ1) is 15.7. The molecular weight excluding hydrogens is 308 g/mol. The third-order valence-electron chi connectivity index (χ3n) is 4.19. The number of benzene rings is 2. The van der Waals surface area contributed by atoms with Crippen molar-refractivity contribution in [2.45, 2.75) is 23.7 Å². The molecule has 2 aromatic carbocycles. The van der Waals surface area contributed by atoms with Gasteiger partial charge in [0.2, 0.25) is 0 Å². The smallest absolute Gasteiger partial charge is 0.283 e. The molecule has 0 saturated carbocycles. The lowest BCUT2D eigenvalue weighted by Crippen LogP contribution is -2.32. The molecule has 0 radical (unpaired) electrons. The van der Waals surface area contributed by atoms with E-state index in [1.54, 1.807) is 30.3 Å². The predicted octanol–water partition coefficient (Wildman–Crippen LogP) is 3.28. The van der Waals surface area contributed by atoms with Crippen LogP contribution in [0.4, 0.5) is 0 Å². The van der Waals surface area contributed by atoms with Crippen LogP contribution in [-0.4, -0.2) is 32.7 Å². The second kappa shape index (κ2) is 6.96. The van der Waals surface area contributed by atoms with Crippen LogP contribution in [0, 0.1) is 0 Å². The number of sulfonamides is 1. The van der Waals surface area contributed by atoms with Crippen molar-refractivity contribution in [1.29, 1.82) is 0 Å². The zero-order chi connectivity index (χ0) is 16.1. The summed E-state index contributed by atoms with van der Waals surface area (Å²) in [7, 11) is -3.60. The fraction of sp³-hybridized carbons (Fsp3) is 0.278. The largest absolute Gasteiger partial charge is 0.362 e. The number of nitrogens with zero attached hydrogens (tertiary/aromatic N) is 2. The molecule has 0 N–H and O–H groups in total. The van der Waals surface area contributed by atoms with Gasteiger partial charge in [-0.15, -0.1) is 4.40 Å². The van der Waals surface area contributed by atoms with Gasteiger partial charge in [-0.05, 0) is 36.5 Å². The predicted molar refractivity (Wildman–Crippen MR) is 92.1 cm³/mol. The molecule has 0 bridgehead atoms. The summed E-state index contributed by atoms with van der Waals surface area (Å²) in [4.78, 5) is 2.22. The third kappa shape index (κ3) is 3.99. The van der Waals surface area contributed by atoms with Crippen molar-refractivity contribution < 1.29 is 8.42 Å². The van der Waals surface area contributed by atoms with Gasteiger partial charge >= 0.3 is 0 Å². The Morgan fingerprint density at radius 1 is 0.913 bits per heavy atom. The normalized spacial score (nSPS) is 16.8. The van der Waals surface area contributed by atoms with Gasteiger partial charge in [-0.25, -0.2) is 0 Å². The molecule has 1 fully saturated rings. The zero-order valence-corrected chi connectivity index (χ0v) is 13.7. The third-order valence-corrected chi connectivity index (χ3v) is 5.43. The summed E-state index contributed by atoms with van der Waals surface area (Å²) in [6.45, 7) is 1.65. The van der Waals surface area contributed by atoms with Crippen LogP contribution >= 0.6 is 0 Å². The molecule has 0 aromatic heterocycles. The first-order valence-electron chi connectivity index (χ1n) is 7.80. The first-order valence-corrected chi connectivity index (χ1v) is 9.24. The molecule has 120 valence electrons. The second-order valence-corrected chi connectivity index (χ2v) is 7.36. The highest BCUT2D eigenvalue weighted by molar-refractivity contribution is 7.90. The topological polar surface area (TPSA) is 49.7 Å². The minimum Gasteiger partial charge on any atom is -0.362 e. The summed E-state index contributed by atoms with van der Waals surface area (Å²) >= 11 is 0. The van der Waals surface area contributed by atoms with Gasteiger partial charge in [0, 0.05) is 13.1 Å². The Kier molecular flexibility index (Phi) is 4.76. The van der Waals surface area contributed by atoms with Crippen molar-refractivity contribution in [2.75, 3.05) is 13.1 Å². The van der Waals surface area contributed by atoms with Gasteiger partial charge in [0.1, 0.15) is 6.34 Å². The molecule has 0 unspecified atom stereocenters. The first-order chi connectivity index (χ1) is 11.1. The minimum atomic E-state index is -3.60. The van der Waals surface area contributed by atoms with E-state index in [2.05, 4.69) is 28.7 Å². The number of likely N-dealkylation sites (tertiary alicyclic amines) is 1. The molecule has 1 aliphatic heterocycles. The maximum Gasteiger partial charge on any atom is 0.283 e. The average Bonchev–Trinajstić information content (AvgIpc) is 2.62. The summed E-state index contributed by atoms with van der Waals surface area (Å²) in [5.74, 6) is 0.548. The van der Waals surface area contributed by atoms with E-state index in [0.29, 0.717) is 5.92 Å². The maximum atomic E-state index is 12.1. The van der Waals surface area contributed by atoms with Crippen LogP contribution < -0.4 is 0 Å². The van der Waals surface area contributed by atoms with E-state index in [1.807, 2.05) is 11.0 Å². The summed E-state index contributed by atoms with van der Waals surface area (Å²) in [6, 6.07) is 18.8. The van der Waals surface area contributed by atoms with E-state index >= 15 is 0 Å². The summed E-state index contributed by atoms with van der Waals surface area (Å²) < 4.78 is 28.1. The van der Waals surface area contributed by atoms with Gasteiger partial charge in [0.15, 0.2) is 0 Å². The molecule has 5 heteroatoms. The standard InChI is InChI=1S/C18H20N2O2S/c21-23(22,18-9-5-2-6-10-18)19-15-20-13-11-17(12-14-20)16-7-3-1-4-8-16/h1-10,15,17H,11-14H2. The number of hydrogen-bond donors (Lipinski definition) is 0. The number of hydrogen-bond acceptors (Lipinski definition) is 2. The van der Waals surface area contributed by atoms with Crippen LogP contribution in [0.15, 0.2) is 70.0 Å². The minimum absolute atomic E-state index is 0.232. The van der Waals surface area contributed by atoms with Crippen LogP contribution in [0.5, 0.6) is 0 Å². The molecule has 1 saturated heterocycles. The molecule has 1 heterocycles. The Morgan fingerprint density at radius 2 is 1.48 bits per heavy atom. The van der Waals surface area contributed by atoms with Gasteiger partial charge in [0.05, 0.1) is 4.90 Å². The molecule has 23 heavy (non-hydrogen) atoms. The maximum absolute atomic E-state index is 12.1. The molecule has 4 nitrogen and oxygen atoms in total. The van der Waals surface area contributed by atoms with E-state index in [9.17, 15) is 8.42 Å². The number of rotatable bonds is 4. The van der Waals surface area contributed by atoms with Crippen molar-refractivity contribution >= 4 is 16.4 Å². The average molecular weight is 328 g/mol. The van der Waals surface area contributed by atoms with Crippen LogP contribution in [0.2, 0.25) is 0 Å². The van der Waals surface area contributed by atoms with E-state index in [1.165, 1.54) is 11.9 Å². The van der Waals surface area contributed by atoms with Crippen LogP contribution in [0.1, 0.15) is 24.3 Å². The van der Waals surface area contributed by atoms with Gasteiger partial charge in [0.25, 0.3) is 10.0 Å². The fourth-order valence-corrected chi connectivity index (χ4v) is 3.74. The molecular formula is C18H20N2O2S. The zero-order valence-electron chi connectivity index (χ0n) is 12.9. The van der Waals surface area contributed by atoms with Crippen molar-refractivity contribution in [2.24, 2.45) is 4.40 Å². The highest BCUT2D eigenvalue weighted by Crippen LogP contribution is 2.27. The van der Waals surface area contributed by atoms with Crippen LogP contribution in [0.25, 0.3) is 0 Å². The summed E-state index contributed by atoms with van der Waals surface area (Å²) in [6.07, 6.45) is 3.51. The quantitative estimate of drug-likeness (QED) is 0.639. The Morgan fingerprint density at radius 3 is 2.09 bits per heavy atom. The highest BCUT2D eigenvalue weighted by atomic mass is 32.2.